The Morgan fingerprint density at radius 1 is 1.23 bits per heavy atom. The molecule has 1 saturated heterocycles. The fraction of sp³-hybridized carbons (Fsp3) is 0.471. The van der Waals surface area contributed by atoms with Gasteiger partial charge >= 0.3 is 12.1 Å². The molecule has 26 heavy (non-hydrogen) atoms. The van der Waals surface area contributed by atoms with Gasteiger partial charge in [-0.2, -0.15) is 18.2 Å². The quantitative estimate of drug-likeness (QED) is 0.873. The van der Waals surface area contributed by atoms with Crippen molar-refractivity contribution in [3.8, 4) is 11.4 Å². The maximum atomic E-state index is 12.5. The van der Waals surface area contributed by atoms with Crippen LogP contribution in [-0.2, 0) is 11.0 Å². The molecule has 2 heterocycles. The van der Waals surface area contributed by atoms with Gasteiger partial charge in [-0.1, -0.05) is 5.16 Å². The van der Waals surface area contributed by atoms with E-state index < -0.39 is 12.1 Å². The van der Waals surface area contributed by atoms with Crippen LogP contribution in [0.4, 0.5) is 18.9 Å². The van der Waals surface area contributed by atoms with Gasteiger partial charge in [-0.15, -0.1) is 0 Å². The van der Waals surface area contributed by atoms with Crippen molar-refractivity contribution in [3.05, 3.63) is 30.2 Å². The summed E-state index contributed by atoms with van der Waals surface area (Å²) < 4.78 is 41.7. The van der Waals surface area contributed by atoms with Gasteiger partial charge in [0, 0.05) is 17.2 Å². The van der Waals surface area contributed by atoms with Crippen LogP contribution in [0.3, 0.4) is 0 Å². The van der Waals surface area contributed by atoms with Crippen LogP contribution < -0.4 is 10.6 Å². The molecule has 6 nitrogen and oxygen atoms in total. The monoisotopic (exact) mass is 366 g/mol. The van der Waals surface area contributed by atoms with Crippen LogP contribution in [0, 0.1) is 11.3 Å². The fourth-order valence-corrected chi connectivity index (χ4v) is 3.58. The summed E-state index contributed by atoms with van der Waals surface area (Å²) in [5.41, 5.74) is 1.12. The van der Waals surface area contributed by atoms with Gasteiger partial charge in [0.1, 0.15) is 0 Å². The van der Waals surface area contributed by atoms with E-state index in [4.69, 9.17) is 0 Å². The number of carbonyl (C=O) groups excluding carboxylic acids is 1. The van der Waals surface area contributed by atoms with Gasteiger partial charge in [0.05, 0.1) is 0 Å². The smallest absolute Gasteiger partial charge is 0.329 e. The Balaban J connectivity index is 1.40. The summed E-state index contributed by atoms with van der Waals surface area (Å²) in [5, 5.41) is 9.52. The average molecular weight is 366 g/mol. The molecular formula is C17H17F3N4O2. The standard InChI is InChI=1S/C17H17F3N4O2/c18-17(19,20)15-23-13(24-26-15)10-1-3-11(4-2-10)22-14(25)12-9-16(12)5-7-21-8-6-16/h1-4,12,21H,5-9H2,(H,22,25). The molecule has 4 rings (SSSR count). The zero-order valence-electron chi connectivity index (χ0n) is 13.8. The number of nitrogens with zero attached hydrogens (tertiary/aromatic N) is 2. The second kappa shape index (κ2) is 6.08. The minimum atomic E-state index is -4.67. The van der Waals surface area contributed by atoms with Crippen LogP contribution in [-0.4, -0.2) is 29.1 Å². The van der Waals surface area contributed by atoms with Gasteiger partial charge in [-0.05, 0) is 62.0 Å². The molecule has 2 N–H and O–H groups in total. The summed E-state index contributed by atoms with van der Waals surface area (Å²) in [4.78, 5) is 15.8. The number of anilines is 1. The number of amides is 1. The predicted octanol–water partition coefficient (Wildman–Crippen LogP) is 3.08. The van der Waals surface area contributed by atoms with E-state index in [0.717, 1.165) is 32.4 Å². The maximum absolute atomic E-state index is 12.5. The Kier molecular flexibility index (Phi) is 3.98. The molecule has 1 aliphatic heterocycles. The largest absolute Gasteiger partial charge is 0.471 e. The highest BCUT2D eigenvalue weighted by atomic mass is 19.4. The normalized spacial score (nSPS) is 21.6. The minimum absolute atomic E-state index is 0.00133. The second-order valence-electron chi connectivity index (χ2n) is 6.86. The minimum Gasteiger partial charge on any atom is -0.329 e. The van der Waals surface area contributed by atoms with Gasteiger partial charge in [0.2, 0.25) is 11.7 Å². The Labute approximate surface area is 147 Å². The number of halogens is 3. The van der Waals surface area contributed by atoms with Crippen molar-refractivity contribution in [2.45, 2.75) is 25.4 Å². The van der Waals surface area contributed by atoms with E-state index in [2.05, 4.69) is 25.3 Å². The first-order valence-corrected chi connectivity index (χ1v) is 8.40. The van der Waals surface area contributed by atoms with Crippen molar-refractivity contribution in [2.75, 3.05) is 18.4 Å². The van der Waals surface area contributed by atoms with Gasteiger partial charge in [0.25, 0.3) is 0 Å². The molecule has 0 radical (unpaired) electrons. The van der Waals surface area contributed by atoms with E-state index in [1.165, 1.54) is 0 Å². The second-order valence-corrected chi connectivity index (χ2v) is 6.86. The Morgan fingerprint density at radius 3 is 2.54 bits per heavy atom. The van der Waals surface area contributed by atoms with E-state index >= 15 is 0 Å². The highest BCUT2D eigenvalue weighted by Crippen LogP contribution is 2.58. The zero-order chi connectivity index (χ0) is 18.4. The van der Waals surface area contributed by atoms with Gasteiger partial charge < -0.3 is 15.2 Å². The lowest BCUT2D eigenvalue weighted by Gasteiger charge is -2.23. The Morgan fingerprint density at radius 2 is 1.92 bits per heavy atom. The topological polar surface area (TPSA) is 80.1 Å². The first kappa shape index (κ1) is 17.0. The summed E-state index contributed by atoms with van der Waals surface area (Å²) in [6.45, 7) is 1.90. The van der Waals surface area contributed by atoms with Gasteiger partial charge in [0.15, 0.2) is 0 Å². The molecule has 138 valence electrons. The van der Waals surface area contributed by atoms with E-state index in [-0.39, 0.29) is 23.1 Å². The Hall–Kier alpha value is -2.42. The third-order valence-electron chi connectivity index (χ3n) is 5.18. The molecule has 1 spiro atoms. The SMILES string of the molecule is O=C(Nc1ccc(-c2noc(C(F)(F)F)n2)cc1)C1CC12CCNCC2. The van der Waals surface area contributed by atoms with Crippen LogP contribution in [0.5, 0.6) is 0 Å². The summed E-state index contributed by atoms with van der Waals surface area (Å²) in [7, 11) is 0. The highest BCUT2D eigenvalue weighted by molar-refractivity contribution is 5.95. The van der Waals surface area contributed by atoms with Crippen LogP contribution in [0.15, 0.2) is 28.8 Å². The van der Waals surface area contributed by atoms with E-state index in [9.17, 15) is 18.0 Å². The van der Waals surface area contributed by atoms with E-state index in [1.54, 1.807) is 24.3 Å². The molecule has 1 aliphatic carbocycles. The molecule has 1 aromatic carbocycles. The highest BCUT2D eigenvalue weighted by Gasteiger charge is 2.57. The lowest BCUT2D eigenvalue weighted by atomic mass is 9.92. The summed E-state index contributed by atoms with van der Waals surface area (Å²) in [5.74, 6) is -1.49. The molecule has 1 atom stereocenters. The van der Waals surface area contributed by atoms with Crippen LogP contribution in [0.1, 0.15) is 25.2 Å². The molecule has 2 aliphatic rings. The van der Waals surface area contributed by atoms with E-state index in [1.807, 2.05) is 0 Å². The molecule has 9 heteroatoms. The van der Waals surface area contributed by atoms with Gasteiger partial charge in [-0.3, -0.25) is 4.79 Å². The lowest BCUT2D eigenvalue weighted by Crippen LogP contribution is -2.31. The van der Waals surface area contributed by atoms with Crippen molar-refractivity contribution in [3.63, 3.8) is 0 Å². The number of carbonyl (C=O) groups is 1. The molecule has 1 aromatic heterocycles. The van der Waals surface area contributed by atoms with E-state index in [0.29, 0.717) is 11.3 Å². The summed E-state index contributed by atoms with van der Waals surface area (Å²) in [6.07, 6.45) is -1.72. The number of hydrogen-bond donors (Lipinski definition) is 2. The van der Waals surface area contributed by atoms with Gasteiger partial charge in [-0.25, -0.2) is 0 Å². The third kappa shape index (κ3) is 3.18. The molecule has 1 amide bonds. The zero-order valence-corrected chi connectivity index (χ0v) is 13.8. The number of aromatic nitrogens is 2. The van der Waals surface area contributed by atoms with Crippen LogP contribution >= 0.6 is 0 Å². The molecule has 0 bridgehead atoms. The van der Waals surface area contributed by atoms with Crippen LogP contribution in [0.2, 0.25) is 0 Å². The number of nitrogens with one attached hydrogen (secondary N) is 2. The number of piperidine rings is 1. The molecule has 2 fully saturated rings. The van der Waals surface area contributed by atoms with Crippen LogP contribution in [0.25, 0.3) is 11.4 Å². The Bertz CT molecular complexity index is 810. The van der Waals surface area contributed by atoms with Crippen molar-refractivity contribution >= 4 is 11.6 Å². The number of alkyl halides is 3. The summed E-state index contributed by atoms with van der Waals surface area (Å²) in [6, 6.07) is 6.34. The molecule has 2 aromatic rings. The van der Waals surface area contributed by atoms with Crippen molar-refractivity contribution < 1.29 is 22.5 Å². The summed E-state index contributed by atoms with van der Waals surface area (Å²) >= 11 is 0. The van der Waals surface area contributed by atoms with Crippen molar-refractivity contribution in [2.24, 2.45) is 11.3 Å². The molecule has 1 saturated carbocycles. The maximum Gasteiger partial charge on any atom is 0.471 e. The van der Waals surface area contributed by atoms with Crippen molar-refractivity contribution in [1.82, 2.24) is 15.5 Å². The van der Waals surface area contributed by atoms with Crippen molar-refractivity contribution in [1.29, 1.82) is 0 Å². The lowest BCUT2D eigenvalue weighted by molar-refractivity contribution is -0.159. The third-order valence-corrected chi connectivity index (χ3v) is 5.18. The average Bonchev–Trinajstić information content (AvgIpc) is 3.07. The first-order chi connectivity index (χ1) is 12.4. The predicted molar refractivity (Wildman–Crippen MR) is 86.0 cm³/mol. The number of rotatable bonds is 3. The number of hydrogen-bond acceptors (Lipinski definition) is 5. The number of benzene rings is 1. The molecular weight excluding hydrogens is 349 g/mol. The fourth-order valence-electron chi connectivity index (χ4n) is 3.58. The molecule has 1 unspecified atom stereocenters. The first-order valence-electron chi connectivity index (χ1n) is 8.40.